The van der Waals surface area contributed by atoms with Crippen LogP contribution in [-0.4, -0.2) is 28.1 Å². The molecule has 0 unspecified atom stereocenters. The summed E-state index contributed by atoms with van der Waals surface area (Å²) in [6.07, 6.45) is 2.02. The van der Waals surface area contributed by atoms with Crippen LogP contribution in [0.4, 0.5) is 0 Å². The van der Waals surface area contributed by atoms with Gasteiger partial charge in [-0.25, -0.2) is 0 Å². The van der Waals surface area contributed by atoms with Gasteiger partial charge >= 0.3 is 7.12 Å². The Hall–Kier alpha value is -1.33. The van der Waals surface area contributed by atoms with Crippen molar-refractivity contribution >= 4 is 23.5 Å². The molecule has 0 N–H and O–H groups in total. The molecule has 1 aliphatic rings. The molecule has 20 heavy (non-hydrogen) atoms. The van der Waals surface area contributed by atoms with Gasteiger partial charge in [0.15, 0.2) is 0 Å². The van der Waals surface area contributed by atoms with E-state index in [-0.39, 0.29) is 18.3 Å². The number of aromatic nitrogens is 2. The predicted octanol–water partition coefficient (Wildman–Crippen LogP) is 2.18. The van der Waals surface area contributed by atoms with Crippen LogP contribution in [0.5, 0.6) is 0 Å². The van der Waals surface area contributed by atoms with E-state index in [0.717, 1.165) is 16.4 Å². The topological polar surface area (TPSA) is 36.3 Å². The van der Waals surface area contributed by atoms with Crippen LogP contribution in [0.25, 0.3) is 10.9 Å². The van der Waals surface area contributed by atoms with E-state index in [0.29, 0.717) is 0 Å². The first-order valence-electron chi connectivity index (χ1n) is 6.99. The van der Waals surface area contributed by atoms with Crippen LogP contribution in [-0.2, 0) is 16.4 Å². The lowest BCUT2D eigenvalue weighted by Gasteiger charge is -2.32. The molecule has 2 aromatic rings. The molecule has 4 nitrogen and oxygen atoms in total. The number of aryl methyl sites for hydroxylation is 2. The molecule has 5 heteroatoms. The maximum Gasteiger partial charge on any atom is 0.497 e. The fraction of sp³-hybridized carbons (Fsp3) is 0.533. The molecule has 0 bridgehead atoms. The smallest absolute Gasteiger partial charge is 0.399 e. The predicted molar refractivity (Wildman–Crippen MR) is 81.2 cm³/mol. The summed E-state index contributed by atoms with van der Waals surface area (Å²) in [6, 6.07) is 4.24. The van der Waals surface area contributed by atoms with E-state index in [1.165, 1.54) is 5.56 Å². The van der Waals surface area contributed by atoms with Crippen molar-refractivity contribution in [2.75, 3.05) is 0 Å². The van der Waals surface area contributed by atoms with Crippen molar-refractivity contribution < 1.29 is 9.31 Å². The lowest BCUT2D eigenvalue weighted by molar-refractivity contribution is 0.00578. The number of hydrogen-bond donors (Lipinski definition) is 0. The Morgan fingerprint density at radius 3 is 2.30 bits per heavy atom. The first-order valence-corrected chi connectivity index (χ1v) is 6.99. The van der Waals surface area contributed by atoms with Crippen LogP contribution < -0.4 is 5.46 Å². The summed E-state index contributed by atoms with van der Waals surface area (Å²) in [7, 11) is 1.57. The van der Waals surface area contributed by atoms with Gasteiger partial charge in [0.1, 0.15) is 0 Å². The largest absolute Gasteiger partial charge is 0.497 e. The molecule has 1 saturated heterocycles. The fourth-order valence-electron chi connectivity index (χ4n) is 2.59. The summed E-state index contributed by atoms with van der Waals surface area (Å²) in [6.45, 7) is 10.4. The fourth-order valence-corrected chi connectivity index (χ4v) is 2.59. The van der Waals surface area contributed by atoms with Crippen LogP contribution in [0.2, 0.25) is 0 Å². The van der Waals surface area contributed by atoms with E-state index in [4.69, 9.17) is 9.31 Å². The molecule has 1 aromatic heterocycles. The van der Waals surface area contributed by atoms with Gasteiger partial charge in [0.2, 0.25) is 0 Å². The normalized spacial score (nSPS) is 20.8. The summed E-state index contributed by atoms with van der Waals surface area (Å²) in [5.41, 5.74) is 2.50. The molecule has 0 saturated carbocycles. The molecule has 0 amide bonds. The number of hydrogen-bond acceptors (Lipinski definition) is 3. The third kappa shape index (κ3) is 1.96. The molecule has 0 radical (unpaired) electrons. The minimum atomic E-state index is -0.364. The van der Waals surface area contributed by atoms with Gasteiger partial charge in [-0.3, -0.25) is 4.68 Å². The first-order chi connectivity index (χ1) is 9.19. The van der Waals surface area contributed by atoms with E-state index in [9.17, 15) is 0 Å². The van der Waals surface area contributed by atoms with Crippen LogP contribution in [0.3, 0.4) is 0 Å². The van der Waals surface area contributed by atoms with Crippen LogP contribution in [0.15, 0.2) is 18.3 Å². The minimum Gasteiger partial charge on any atom is -0.399 e. The molecule has 1 aliphatic heterocycles. The zero-order chi connectivity index (χ0) is 14.7. The Kier molecular flexibility index (Phi) is 2.79. The van der Waals surface area contributed by atoms with Crippen molar-refractivity contribution in [3.63, 3.8) is 0 Å². The number of fused-ring (bicyclic) bond motifs is 1. The Labute approximate surface area is 120 Å². The highest BCUT2D eigenvalue weighted by molar-refractivity contribution is 6.65. The average Bonchev–Trinajstić information content (AvgIpc) is 2.75. The van der Waals surface area contributed by atoms with Crippen LogP contribution in [0.1, 0.15) is 33.3 Å². The standard InChI is InChI=1S/C15H21BN2O2/c1-10-7-11-9-18(6)17-13(11)12(8-10)16-19-14(2,3)15(4,5)20-16/h7-9H,1-6H3. The molecule has 0 aliphatic carbocycles. The Morgan fingerprint density at radius 2 is 1.70 bits per heavy atom. The van der Waals surface area contributed by atoms with Crippen molar-refractivity contribution in [3.05, 3.63) is 23.9 Å². The second-order valence-electron chi connectivity index (χ2n) is 6.68. The van der Waals surface area contributed by atoms with Crippen molar-refractivity contribution in [3.8, 4) is 0 Å². The van der Waals surface area contributed by atoms with E-state index < -0.39 is 0 Å². The average molecular weight is 272 g/mol. The highest BCUT2D eigenvalue weighted by atomic mass is 16.7. The zero-order valence-electron chi connectivity index (χ0n) is 13.0. The zero-order valence-corrected chi connectivity index (χ0v) is 13.0. The summed E-state index contributed by atoms with van der Waals surface area (Å²) in [5.74, 6) is 0. The molecular formula is C15H21BN2O2. The van der Waals surface area contributed by atoms with Gasteiger partial charge in [-0.15, -0.1) is 0 Å². The van der Waals surface area contributed by atoms with Crippen molar-refractivity contribution in [2.24, 2.45) is 7.05 Å². The van der Waals surface area contributed by atoms with E-state index in [1.54, 1.807) is 0 Å². The molecular weight excluding hydrogens is 251 g/mol. The molecule has 0 spiro atoms. The van der Waals surface area contributed by atoms with Gasteiger partial charge in [-0.1, -0.05) is 11.6 Å². The third-order valence-electron chi connectivity index (χ3n) is 4.40. The maximum absolute atomic E-state index is 6.15. The van der Waals surface area contributed by atoms with Crippen molar-refractivity contribution in [1.29, 1.82) is 0 Å². The lowest BCUT2D eigenvalue weighted by atomic mass is 9.77. The van der Waals surface area contributed by atoms with Gasteiger partial charge in [0.05, 0.1) is 16.7 Å². The van der Waals surface area contributed by atoms with Crippen LogP contribution >= 0.6 is 0 Å². The molecule has 1 aromatic carbocycles. The number of benzene rings is 1. The lowest BCUT2D eigenvalue weighted by Crippen LogP contribution is -2.41. The summed E-state index contributed by atoms with van der Waals surface area (Å²) >= 11 is 0. The highest BCUT2D eigenvalue weighted by Gasteiger charge is 2.52. The Morgan fingerprint density at radius 1 is 1.10 bits per heavy atom. The highest BCUT2D eigenvalue weighted by Crippen LogP contribution is 2.37. The van der Waals surface area contributed by atoms with Crippen molar-refractivity contribution in [1.82, 2.24) is 9.78 Å². The number of nitrogens with zero attached hydrogens (tertiary/aromatic N) is 2. The molecule has 3 rings (SSSR count). The van der Waals surface area contributed by atoms with E-state index >= 15 is 0 Å². The maximum atomic E-state index is 6.15. The molecule has 0 atom stereocenters. The van der Waals surface area contributed by atoms with E-state index in [2.05, 4.69) is 51.9 Å². The third-order valence-corrected chi connectivity index (χ3v) is 4.40. The summed E-state index contributed by atoms with van der Waals surface area (Å²) in [5, 5.41) is 5.67. The molecule has 2 heterocycles. The summed E-state index contributed by atoms with van der Waals surface area (Å²) in [4.78, 5) is 0. The van der Waals surface area contributed by atoms with Gasteiger partial charge in [-0.2, -0.15) is 5.10 Å². The Bertz CT molecular complexity index is 660. The second-order valence-corrected chi connectivity index (χ2v) is 6.68. The van der Waals surface area contributed by atoms with Crippen LogP contribution in [0, 0.1) is 6.92 Å². The van der Waals surface area contributed by atoms with Gasteiger partial charge in [0, 0.05) is 24.1 Å². The quantitative estimate of drug-likeness (QED) is 0.746. The molecule has 1 fully saturated rings. The monoisotopic (exact) mass is 272 g/mol. The number of rotatable bonds is 1. The van der Waals surface area contributed by atoms with Gasteiger partial charge < -0.3 is 9.31 Å². The SMILES string of the molecule is Cc1cc(B2OC(C)(C)C(C)(C)O2)c2nn(C)cc2c1. The van der Waals surface area contributed by atoms with Crippen molar-refractivity contribution in [2.45, 2.75) is 45.8 Å². The van der Waals surface area contributed by atoms with Gasteiger partial charge in [0.25, 0.3) is 0 Å². The van der Waals surface area contributed by atoms with Gasteiger partial charge in [-0.05, 0) is 40.7 Å². The summed E-state index contributed by atoms with van der Waals surface area (Å²) < 4.78 is 14.1. The molecule has 106 valence electrons. The minimum absolute atomic E-state index is 0.331. The Balaban J connectivity index is 2.12. The first kappa shape index (κ1) is 13.6. The second kappa shape index (κ2) is 4.09. The van der Waals surface area contributed by atoms with E-state index in [1.807, 2.05) is 17.9 Å².